The quantitative estimate of drug-likeness (QED) is 0.307. The Kier molecular flexibility index (Phi) is 9.60. The molecule has 1 atom stereocenters. The summed E-state index contributed by atoms with van der Waals surface area (Å²) in [5, 5.41) is 9.38. The van der Waals surface area contributed by atoms with Crippen LogP contribution in [0.3, 0.4) is 0 Å². The lowest BCUT2D eigenvalue weighted by Crippen LogP contribution is -2.51. The Balaban J connectivity index is 1.82. The average molecular weight is 544 g/mol. The number of nitrogens with zero attached hydrogens (tertiary/aromatic N) is 4. The minimum absolute atomic E-state index is 0.167. The summed E-state index contributed by atoms with van der Waals surface area (Å²) < 4.78 is 5.60. The van der Waals surface area contributed by atoms with E-state index in [0.717, 1.165) is 24.0 Å². The lowest BCUT2D eigenvalue weighted by molar-refractivity contribution is -0.140. The average Bonchev–Trinajstić information content (AvgIpc) is 3.32. The van der Waals surface area contributed by atoms with E-state index in [9.17, 15) is 24.0 Å². The first-order valence-electron chi connectivity index (χ1n) is 11.7. The zero-order valence-electron chi connectivity index (χ0n) is 21.4. The molecule has 38 heavy (non-hydrogen) atoms. The molecule has 202 valence electrons. The second-order valence-corrected chi connectivity index (χ2v) is 9.69. The van der Waals surface area contributed by atoms with Gasteiger partial charge < -0.3 is 15.0 Å². The second-order valence-electron chi connectivity index (χ2n) is 8.63. The number of carbonyl (C=O) groups is 4. The molecule has 3 rings (SSSR count). The number of hydrogen-bond acceptors (Lipinski definition) is 9. The van der Waals surface area contributed by atoms with E-state index in [-0.39, 0.29) is 11.5 Å². The SMILES string of the molecule is COC(=O)Nc1cnc(-c2ccccc2)n(CC(=O)N[C@H](C(=O)C(=O)N/N=C2\SCCN2C)C(C)C)c1=O. The van der Waals surface area contributed by atoms with Gasteiger partial charge in [-0.3, -0.25) is 29.1 Å². The highest BCUT2D eigenvalue weighted by Gasteiger charge is 2.30. The van der Waals surface area contributed by atoms with Crippen molar-refractivity contribution < 1.29 is 23.9 Å². The van der Waals surface area contributed by atoms with Crippen LogP contribution in [0.4, 0.5) is 10.5 Å². The number of rotatable bonds is 9. The largest absolute Gasteiger partial charge is 0.453 e. The first-order valence-corrected chi connectivity index (χ1v) is 12.7. The van der Waals surface area contributed by atoms with E-state index < -0.39 is 47.8 Å². The molecule has 14 heteroatoms. The van der Waals surface area contributed by atoms with Crippen LogP contribution in [0.2, 0.25) is 0 Å². The summed E-state index contributed by atoms with van der Waals surface area (Å²) in [5.41, 5.74) is 1.89. The van der Waals surface area contributed by atoms with Crippen molar-refractivity contribution in [2.45, 2.75) is 26.4 Å². The Morgan fingerprint density at radius 3 is 2.50 bits per heavy atom. The summed E-state index contributed by atoms with van der Waals surface area (Å²) in [6.07, 6.45) is 0.289. The highest BCUT2D eigenvalue weighted by Crippen LogP contribution is 2.17. The topological polar surface area (TPSA) is 164 Å². The molecule has 0 bridgehead atoms. The van der Waals surface area contributed by atoms with Gasteiger partial charge in [-0.05, 0) is 5.92 Å². The van der Waals surface area contributed by atoms with Gasteiger partial charge in [0, 0.05) is 24.9 Å². The molecule has 1 aliphatic heterocycles. The predicted octanol–water partition coefficient (Wildman–Crippen LogP) is 0.864. The third kappa shape index (κ3) is 6.97. The van der Waals surface area contributed by atoms with E-state index in [2.05, 4.69) is 30.9 Å². The molecule has 3 N–H and O–H groups in total. The Bertz CT molecular complexity index is 1290. The number of amides is 3. The monoisotopic (exact) mass is 543 g/mol. The number of hydrogen-bond donors (Lipinski definition) is 3. The van der Waals surface area contributed by atoms with Gasteiger partial charge in [0.15, 0.2) is 5.17 Å². The van der Waals surface area contributed by atoms with E-state index in [4.69, 9.17) is 0 Å². The summed E-state index contributed by atoms with van der Waals surface area (Å²) in [7, 11) is 2.96. The van der Waals surface area contributed by atoms with Crippen molar-refractivity contribution in [1.82, 2.24) is 25.2 Å². The van der Waals surface area contributed by atoms with Crippen LogP contribution in [-0.2, 0) is 25.7 Å². The van der Waals surface area contributed by atoms with Gasteiger partial charge in [0.05, 0.1) is 19.3 Å². The zero-order valence-corrected chi connectivity index (χ0v) is 22.2. The zero-order chi connectivity index (χ0) is 27.8. The normalized spacial score (nSPS) is 14.8. The van der Waals surface area contributed by atoms with Crippen LogP contribution in [0.1, 0.15) is 13.8 Å². The molecule has 0 spiro atoms. The van der Waals surface area contributed by atoms with Crippen molar-refractivity contribution in [3.8, 4) is 11.4 Å². The third-order valence-electron chi connectivity index (χ3n) is 5.53. The van der Waals surface area contributed by atoms with Crippen LogP contribution in [0.5, 0.6) is 0 Å². The molecule has 1 aromatic carbocycles. The molecule has 0 unspecified atom stereocenters. The van der Waals surface area contributed by atoms with Gasteiger partial charge >= 0.3 is 12.0 Å². The van der Waals surface area contributed by atoms with Crippen LogP contribution >= 0.6 is 11.8 Å². The first-order chi connectivity index (χ1) is 18.1. The molecule has 1 fully saturated rings. The van der Waals surface area contributed by atoms with E-state index in [1.165, 1.54) is 18.0 Å². The summed E-state index contributed by atoms with van der Waals surface area (Å²) >= 11 is 1.45. The number of ketones is 1. The molecule has 1 aliphatic rings. The molecule has 0 aliphatic carbocycles. The number of hydrazone groups is 1. The number of anilines is 1. The number of Topliss-reactive ketones (excluding diaryl/α,β-unsaturated/α-hetero) is 1. The van der Waals surface area contributed by atoms with Gasteiger partial charge in [-0.1, -0.05) is 55.9 Å². The van der Waals surface area contributed by atoms with E-state index in [1.54, 1.807) is 44.2 Å². The molecule has 1 saturated heterocycles. The molecule has 3 amide bonds. The first kappa shape index (κ1) is 28.4. The number of amidine groups is 1. The second kappa shape index (κ2) is 12.9. The Labute approximate surface area is 223 Å². The van der Waals surface area contributed by atoms with Crippen molar-refractivity contribution in [2.75, 3.05) is 31.8 Å². The van der Waals surface area contributed by atoms with Gasteiger partial charge in [0.1, 0.15) is 18.1 Å². The number of benzene rings is 1. The summed E-state index contributed by atoms with van der Waals surface area (Å²) in [6, 6.07) is 7.50. The molecule has 0 saturated carbocycles. The summed E-state index contributed by atoms with van der Waals surface area (Å²) in [6.45, 7) is 3.58. The van der Waals surface area contributed by atoms with Gasteiger partial charge in [0.25, 0.3) is 5.56 Å². The lowest BCUT2D eigenvalue weighted by Gasteiger charge is -2.21. The van der Waals surface area contributed by atoms with Crippen LogP contribution in [0, 0.1) is 5.92 Å². The van der Waals surface area contributed by atoms with Gasteiger partial charge in [-0.15, -0.1) is 5.10 Å². The fourth-order valence-corrected chi connectivity index (χ4v) is 4.46. The molecule has 0 radical (unpaired) electrons. The van der Waals surface area contributed by atoms with Crippen molar-refractivity contribution in [2.24, 2.45) is 11.0 Å². The van der Waals surface area contributed by atoms with E-state index in [1.807, 2.05) is 11.9 Å². The number of aromatic nitrogens is 2. The fourth-order valence-electron chi connectivity index (χ4n) is 3.49. The van der Waals surface area contributed by atoms with Crippen molar-refractivity contribution >= 4 is 46.3 Å². The van der Waals surface area contributed by atoms with Gasteiger partial charge in [-0.2, -0.15) is 0 Å². The molecular weight excluding hydrogens is 514 g/mol. The third-order valence-corrected chi connectivity index (χ3v) is 6.58. The maximum absolute atomic E-state index is 13.2. The minimum Gasteiger partial charge on any atom is -0.453 e. The molecule has 2 aromatic rings. The maximum Gasteiger partial charge on any atom is 0.411 e. The number of methoxy groups -OCH3 is 1. The van der Waals surface area contributed by atoms with Crippen LogP contribution in [0.25, 0.3) is 11.4 Å². The molecule has 13 nitrogen and oxygen atoms in total. The standard InChI is InChI=1S/C24H29N7O6S/c1-14(2)18(19(33)21(34)28-29-23-30(3)10-11-38-23)27-17(32)13-31-20(15-8-6-5-7-9-15)25-12-16(22(31)35)26-24(36)37-4/h5-9,12,14,18H,10-11,13H2,1-4H3,(H,26,36)(H,27,32)(H,28,34)/b29-23-/t18-/m0/s1. The number of carbonyl (C=O) groups excluding carboxylic acids is 4. The predicted molar refractivity (Wildman–Crippen MR) is 142 cm³/mol. The summed E-state index contributed by atoms with van der Waals surface area (Å²) in [5.74, 6) is -2.01. The van der Waals surface area contributed by atoms with Crippen LogP contribution in [0.15, 0.2) is 46.4 Å². The Morgan fingerprint density at radius 1 is 1.18 bits per heavy atom. The Morgan fingerprint density at radius 2 is 1.89 bits per heavy atom. The van der Waals surface area contributed by atoms with Gasteiger partial charge in [-0.25, -0.2) is 15.2 Å². The smallest absolute Gasteiger partial charge is 0.411 e. The highest BCUT2D eigenvalue weighted by atomic mass is 32.2. The number of thioether (sulfide) groups is 1. The number of ether oxygens (including phenoxy) is 1. The van der Waals surface area contributed by atoms with Crippen molar-refractivity contribution in [3.05, 3.63) is 46.9 Å². The van der Waals surface area contributed by atoms with Crippen molar-refractivity contribution in [3.63, 3.8) is 0 Å². The van der Waals surface area contributed by atoms with Gasteiger partial charge in [0.2, 0.25) is 11.7 Å². The number of nitrogens with one attached hydrogen (secondary N) is 3. The lowest BCUT2D eigenvalue weighted by atomic mass is 9.99. The molecule has 2 heterocycles. The maximum atomic E-state index is 13.2. The highest BCUT2D eigenvalue weighted by molar-refractivity contribution is 8.14. The fraction of sp³-hybridized carbons (Fsp3) is 0.375. The van der Waals surface area contributed by atoms with E-state index >= 15 is 0 Å². The van der Waals surface area contributed by atoms with Crippen molar-refractivity contribution in [1.29, 1.82) is 0 Å². The Hall–Kier alpha value is -4.20. The summed E-state index contributed by atoms with van der Waals surface area (Å²) in [4.78, 5) is 69.3. The van der Waals surface area contributed by atoms with E-state index in [0.29, 0.717) is 10.7 Å². The molecule has 1 aromatic heterocycles. The van der Waals surface area contributed by atoms with Crippen LogP contribution < -0.4 is 21.6 Å². The van der Waals surface area contributed by atoms with Crippen LogP contribution in [-0.4, -0.2) is 75.8 Å². The molecular formula is C24H29N7O6S. The minimum atomic E-state index is -1.17.